The van der Waals surface area contributed by atoms with Crippen molar-refractivity contribution >= 4 is 27.5 Å². The maximum absolute atomic E-state index is 4.68. The van der Waals surface area contributed by atoms with Gasteiger partial charge in [0.15, 0.2) is 0 Å². The van der Waals surface area contributed by atoms with E-state index < -0.39 is 0 Å². The van der Waals surface area contributed by atoms with Crippen LogP contribution in [0.5, 0.6) is 0 Å². The smallest absolute Gasteiger partial charge is 0.254 e. The van der Waals surface area contributed by atoms with E-state index in [4.69, 9.17) is 0 Å². The molecule has 0 bridgehead atoms. The van der Waals surface area contributed by atoms with Crippen LogP contribution in [0.25, 0.3) is 17.0 Å². The summed E-state index contributed by atoms with van der Waals surface area (Å²) in [5, 5.41) is 4.40. The highest BCUT2D eigenvalue weighted by Gasteiger charge is 2.22. The molecule has 0 aliphatic carbocycles. The Kier molecular flexibility index (Phi) is 3.71. The summed E-state index contributed by atoms with van der Waals surface area (Å²) in [6, 6.07) is 18.7. The predicted octanol–water partition coefficient (Wildman–Crippen LogP) is 4.12. The molecule has 128 valence electrons. The third-order valence-corrected chi connectivity index (χ3v) is 5.59. The summed E-state index contributed by atoms with van der Waals surface area (Å²) >= 11 is 3.70. The molecule has 0 unspecified atom stereocenters. The number of halogens is 1. The molecule has 2 aromatic heterocycles. The Balaban J connectivity index is 1.63. The Bertz CT molecular complexity index is 1090. The largest absolute Gasteiger partial charge is 0.352 e. The number of benzene rings is 2. The molecule has 6 heteroatoms. The van der Waals surface area contributed by atoms with E-state index in [2.05, 4.69) is 72.3 Å². The summed E-state index contributed by atoms with van der Waals surface area (Å²) in [7, 11) is 0. The maximum atomic E-state index is 4.68. The number of fused-ring (bicyclic) bond motifs is 2. The summed E-state index contributed by atoms with van der Waals surface area (Å²) in [5.74, 6) is 1.65. The molecule has 4 aromatic rings. The van der Waals surface area contributed by atoms with Gasteiger partial charge in [0.25, 0.3) is 5.78 Å². The van der Waals surface area contributed by atoms with Crippen molar-refractivity contribution in [2.45, 2.75) is 13.0 Å². The van der Waals surface area contributed by atoms with E-state index in [-0.39, 0.29) is 0 Å². The second-order valence-corrected chi connectivity index (χ2v) is 7.24. The first-order chi connectivity index (χ1) is 12.8. The lowest BCUT2D eigenvalue weighted by Gasteiger charge is -2.31. The molecule has 2 aromatic carbocycles. The van der Waals surface area contributed by atoms with Gasteiger partial charge in [0.05, 0.1) is 5.69 Å². The number of hydrogen-bond acceptors (Lipinski definition) is 4. The van der Waals surface area contributed by atoms with Gasteiger partial charge in [-0.15, -0.1) is 0 Å². The molecular formula is C20H16BrN5. The zero-order valence-corrected chi connectivity index (χ0v) is 15.6. The number of anilines is 1. The van der Waals surface area contributed by atoms with E-state index in [0.29, 0.717) is 5.78 Å². The van der Waals surface area contributed by atoms with Crippen molar-refractivity contribution in [3.63, 3.8) is 0 Å². The molecule has 5 nitrogen and oxygen atoms in total. The van der Waals surface area contributed by atoms with Gasteiger partial charge in [-0.1, -0.05) is 58.4 Å². The van der Waals surface area contributed by atoms with Crippen LogP contribution in [-0.2, 0) is 13.0 Å². The molecule has 0 radical (unpaired) electrons. The second-order valence-electron chi connectivity index (χ2n) is 6.39. The van der Waals surface area contributed by atoms with Crippen LogP contribution in [0.1, 0.15) is 11.1 Å². The van der Waals surface area contributed by atoms with Gasteiger partial charge in [0.1, 0.15) is 12.1 Å². The maximum Gasteiger partial charge on any atom is 0.254 e. The average Bonchev–Trinajstić information content (AvgIpc) is 3.17. The van der Waals surface area contributed by atoms with Gasteiger partial charge in [0.2, 0.25) is 0 Å². The second kappa shape index (κ2) is 6.21. The molecular weight excluding hydrogens is 390 g/mol. The van der Waals surface area contributed by atoms with Crippen LogP contribution in [0, 0.1) is 0 Å². The van der Waals surface area contributed by atoms with Crippen molar-refractivity contribution in [3.8, 4) is 11.3 Å². The highest BCUT2D eigenvalue weighted by Crippen LogP contribution is 2.31. The summed E-state index contributed by atoms with van der Waals surface area (Å²) < 4.78 is 2.99. The van der Waals surface area contributed by atoms with Crippen molar-refractivity contribution in [2.24, 2.45) is 0 Å². The minimum Gasteiger partial charge on any atom is -0.352 e. The average molecular weight is 406 g/mol. The quantitative estimate of drug-likeness (QED) is 0.503. The van der Waals surface area contributed by atoms with E-state index in [1.54, 1.807) is 6.33 Å². The molecule has 0 amide bonds. The fraction of sp³-hybridized carbons (Fsp3) is 0.150. The fourth-order valence-corrected chi connectivity index (χ4v) is 4.05. The molecule has 0 spiro atoms. The standard InChI is InChI=1S/C20H16BrN5/c21-17-8-4-7-14-9-10-25(12-16(14)17)19-11-18(15-5-2-1-3-6-15)24-20-22-13-23-26(19)20/h1-8,11,13H,9-10,12H2. The van der Waals surface area contributed by atoms with Gasteiger partial charge >= 0.3 is 0 Å². The summed E-state index contributed by atoms with van der Waals surface area (Å²) in [4.78, 5) is 11.4. The molecule has 26 heavy (non-hydrogen) atoms. The third kappa shape index (κ3) is 2.57. The van der Waals surface area contributed by atoms with Crippen LogP contribution in [0.3, 0.4) is 0 Å². The third-order valence-electron chi connectivity index (χ3n) is 4.84. The molecule has 0 N–H and O–H groups in total. The Morgan fingerprint density at radius 1 is 1.00 bits per heavy atom. The predicted molar refractivity (Wildman–Crippen MR) is 105 cm³/mol. The zero-order chi connectivity index (χ0) is 17.5. The Hall–Kier alpha value is -2.73. The Morgan fingerprint density at radius 2 is 1.88 bits per heavy atom. The van der Waals surface area contributed by atoms with Crippen LogP contribution in [0.4, 0.5) is 5.82 Å². The number of rotatable bonds is 2. The van der Waals surface area contributed by atoms with Crippen LogP contribution in [-0.4, -0.2) is 26.1 Å². The van der Waals surface area contributed by atoms with Crippen LogP contribution in [0.15, 0.2) is 65.4 Å². The summed E-state index contributed by atoms with van der Waals surface area (Å²) in [5.41, 5.74) is 4.74. The van der Waals surface area contributed by atoms with E-state index in [9.17, 15) is 0 Å². The Morgan fingerprint density at radius 3 is 2.77 bits per heavy atom. The van der Waals surface area contributed by atoms with E-state index >= 15 is 0 Å². The molecule has 5 rings (SSSR count). The van der Waals surface area contributed by atoms with Crippen molar-refractivity contribution in [1.82, 2.24) is 19.6 Å². The molecule has 1 aliphatic rings. The lowest BCUT2D eigenvalue weighted by atomic mass is 10.00. The van der Waals surface area contributed by atoms with Gasteiger partial charge in [-0.2, -0.15) is 14.6 Å². The number of nitrogens with zero attached hydrogens (tertiary/aromatic N) is 5. The molecule has 1 aliphatic heterocycles. The van der Waals surface area contributed by atoms with Crippen molar-refractivity contribution in [2.75, 3.05) is 11.4 Å². The van der Waals surface area contributed by atoms with Crippen LogP contribution >= 0.6 is 15.9 Å². The van der Waals surface area contributed by atoms with Gasteiger partial charge in [0, 0.05) is 29.2 Å². The van der Waals surface area contributed by atoms with Gasteiger partial charge in [-0.25, -0.2) is 4.98 Å². The van der Waals surface area contributed by atoms with Crippen molar-refractivity contribution < 1.29 is 0 Å². The zero-order valence-electron chi connectivity index (χ0n) is 14.0. The first-order valence-corrected chi connectivity index (χ1v) is 9.36. The lowest BCUT2D eigenvalue weighted by Crippen LogP contribution is -2.32. The molecule has 0 atom stereocenters. The molecule has 0 saturated heterocycles. The summed E-state index contributed by atoms with van der Waals surface area (Å²) in [6.07, 6.45) is 2.57. The van der Waals surface area contributed by atoms with Crippen LogP contribution < -0.4 is 4.90 Å². The van der Waals surface area contributed by atoms with Crippen LogP contribution in [0.2, 0.25) is 0 Å². The van der Waals surface area contributed by atoms with Crippen molar-refractivity contribution in [3.05, 3.63) is 76.5 Å². The fourth-order valence-electron chi connectivity index (χ4n) is 3.51. The van der Waals surface area contributed by atoms with E-state index in [1.807, 2.05) is 22.7 Å². The normalized spacial score (nSPS) is 13.8. The van der Waals surface area contributed by atoms with Crippen molar-refractivity contribution in [1.29, 1.82) is 0 Å². The Labute approximate surface area is 159 Å². The van der Waals surface area contributed by atoms with Gasteiger partial charge < -0.3 is 4.90 Å². The van der Waals surface area contributed by atoms with Gasteiger partial charge in [-0.3, -0.25) is 0 Å². The monoisotopic (exact) mass is 405 g/mol. The number of hydrogen-bond donors (Lipinski definition) is 0. The molecule has 0 fully saturated rings. The first kappa shape index (κ1) is 15.5. The first-order valence-electron chi connectivity index (χ1n) is 8.57. The SMILES string of the molecule is Brc1cccc2c1CN(c1cc(-c3ccccc3)nc3ncnn13)CC2. The van der Waals surface area contributed by atoms with Gasteiger partial charge in [-0.05, 0) is 23.6 Å². The summed E-state index contributed by atoms with van der Waals surface area (Å²) in [6.45, 7) is 1.78. The molecule has 0 saturated carbocycles. The molecule has 3 heterocycles. The minimum atomic E-state index is 0.624. The van der Waals surface area contributed by atoms with E-state index in [1.165, 1.54) is 11.1 Å². The minimum absolute atomic E-state index is 0.624. The highest BCUT2D eigenvalue weighted by molar-refractivity contribution is 9.10. The highest BCUT2D eigenvalue weighted by atomic mass is 79.9. The van der Waals surface area contributed by atoms with E-state index in [0.717, 1.165) is 41.1 Å². The lowest BCUT2D eigenvalue weighted by molar-refractivity contribution is 0.701. The topological polar surface area (TPSA) is 46.3 Å². The number of aromatic nitrogens is 4.